The van der Waals surface area contributed by atoms with Gasteiger partial charge in [0.05, 0.1) is 5.56 Å². The predicted molar refractivity (Wildman–Crippen MR) is 51.4 cm³/mol. The zero-order valence-electron chi connectivity index (χ0n) is 8.18. The summed E-state index contributed by atoms with van der Waals surface area (Å²) in [7, 11) is 1.83. The van der Waals surface area contributed by atoms with Crippen LogP contribution < -0.4 is 0 Å². The SMILES string of the molecule is CCc1ncc(-c2ncn(C)n2)cn1. The molecule has 2 rings (SSSR count). The van der Waals surface area contributed by atoms with Crippen molar-refractivity contribution in [2.24, 2.45) is 7.05 Å². The van der Waals surface area contributed by atoms with Gasteiger partial charge in [-0.2, -0.15) is 5.10 Å². The summed E-state index contributed by atoms with van der Waals surface area (Å²) in [5, 5.41) is 4.16. The monoisotopic (exact) mass is 189 g/mol. The van der Waals surface area contributed by atoms with E-state index in [-0.39, 0.29) is 0 Å². The van der Waals surface area contributed by atoms with Crippen molar-refractivity contribution >= 4 is 0 Å². The molecule has 5 nitrogen and oxygen atoms in total. The van der Waals surface area contributed by atoms with E-state index in [1.54, 1.807) is 23.4 Å². The summed E-state index contributed by atoms with van der Waals surface area (Å²) in [5.74, 6) is 1.50. The van der Waals surface area contributed by atoms with Crippen molar-refractivity contribution in [2.75, 3.05) is 0 Å². The molecule has 0 aliphatic carbocycles. The van der Waals surface area contributed by atoms with Crippen LogP contribution in [0.4, 0.5) is 0 Å². The summed E-state index contributed by atoms with van der Waals surface area (Å²) in [4.78, 5) is 12.5. The lowest BCUT2D eigenvalue weighted by Gasteiger charge is -1.96. The van der Waals surface area contributed by atoms with Crippen molar-refractivity contribution in [3.8, 4) is 11.4 Å². The molecule has 2 aromatic heterocycles. The molecule has 0 atom stereocenters. The van der Waals surface area contributed by atoms with Crippen LogP contribution in [0, 0.1) is 0 Å². The fourth-order valence-corrected chi connectivity index (χ4v) is 1.12. The molecule has 0 aliphatic rings. The van der Waals surface area contributed by atoms with Gasteiger partial charge in [-0.25, -0.2) is 15.0 Å². The van der Waals surface area contributed by atoms with Crippen LogP contribution in [0.1, 0.15) is 12.7 Å². The average Bonchev–Trinajstić information content (AvgIpc) is 2.65. The molecule has 14 heavy (non-hydrogen) atoms. The van der Waals surface area contributed by atoms with Crippen LogP contribution in [-0.4, -0.2) is 24.7 Å². The number of hydrogen-bond acceptors (Lipinski definition) is 4. The van der Waals surface area contributed by atoms with E-state index < -0.39 is 0 Å². The molecule has 0 radical (unpaired) electrons. The number of aryl methyl sites for hydroxylation is 2. The summed E-state index contributed by atoms with van der Waals surface area (Å²) >= 11 is 0. The van der Waals surface area contributed by atoms with Crippen molar-refractivity contribution in [3.63, 3.8) is 0 Å². The number of aromatic nitrogens is 5. The highest BCUT2D eigenvalue weighted by atomic mass is 15.3. The molecular formula is C9H11N5. The van der Waals surface area contributed by atoms with Crippen molar-refractivity contribution in [1.29, 1.82) is 0 Å². The van der Waals surface area contributed by atoms with Gasteiger partial charge in [-0.15, -0.1) is 0 Å². The second-order valence-electron chi connectivity index (χ2n) is 2.98. The van der Waals surface area contributed by atoms with E-state index in [2.05, 4.69) is 20.1 Å². The molecule has 5 heteroatoms. The molecule has 0 saturated heterocycles. The standard InChI is InChI=1S/C9H11N5/c1-3-8-10-4-7(5-11-8)9-12-6-14(2)13-9/h4-6H,3H2,1-2H3. The molecule has 0 aromatic carbocycles. The predicted octanol–water partition coefficient (Wildman–Crippen LogP) is 0.834. The summed E-state index contributed by atoms with van der Waals surface area (Å²) < 4.78 is 1.66. The van der Waals surface area contributed by atoms with E-state index in [9.17, 15) is 0 Å². The van der Waals surface area contributed by atoms with Gasteiger partial charge in [-0.3, -0.25) is 4.68 Å². The first kappa shape index (κ1) is 8.80. The normalized spacial score (nSPS) is 10.4. The zero-order valence-corrected chi connectivity index (χ0v) is 8.18. The van der Waals surface area contributed by atoms with Crippen molar-refractivity contribution in [3.05, 3.63) is 24.5 Å². The van der Waals surface area contributed by atoms with Gasteiger partial charge in [-0.1, -0.05) is 6.92 Å². The van der Waals surface area contributed by atoms with Crippen molar-refractivity contribution in [1.82, 2.24) is 24.7 Å². The van der Waals surface area contributed by atoms with Gasteiger partial charge in [0.1, 0.15) is 12.2 Å². The Morgan fingerprint density at radius 1 is 1.21 bits per heavy atom. The van der Waals surface area contributed by atoms with E-state index in [0.717, 1.165) is 17.8 Å². The number of hydrogen-bond donors (Lipinski definition) is 0. The minimum atomic E-state index is 0.662. The highest BCUT2D eigenvalue weighted by Gasteiger charge is 2.03. The molecule has 2 heterocycles. The van der Waals surface area contributed by atoms with E-state index >= 15 is 0 Å². The quantitative estimate of drug-likeness (QED) is 0.702. The molecule has 2 aromatic rings. The maximum absolute atomic E-state index is 4.18. The first-order valence-electron chi connectivity index (χ1n) is 4.46. The Bertz CT molecular complexity index is 417. The van der Waals surface area contributed by atoms with E-state index in [1.807, 2.05) is 14.0 Å². The first-order valence-corrected chi connectivity index (χ1v) is 4.46. The van der Waals surface area contributed by atoms with Gasteiger partial charge in [0.25, 0.3) is 0 Å². The van der Waals surface area contributed by atoms with Gasteiger partial charge in [0.15, 0.2) is 5.82 Å². The highest BCUT2D eigenvalue weighted by Crippen LogP contribution is 2.10. The fraction of sp³-hybridized carbons (Fsp3) is 0.333. The van der Waals surface area contributed by atoms with Crippen LogP contribution in [0.25, 0.3) is 11.4 Å². The van der Waals surface area contributed by atoms with Gasteiger partial charge in [0.2, 0.25) is 0 Å². The summed E-state index contributed by atoms with van der Waals surface area (Å²) in [5.41, 5.74) is 0.850. The third-order valence-corrected chi connectivity index (χ3v) is 1.88. The lowest BCUT2D eigenvalue weighted by molar-refractivity contribution is 0.767. The van der Waals surface area contributed by atoms with Crippen LogP contribution in [0.2, 0.25) is 0 Å². The lowest BCUT2D eigenvalue weighted by Crippen LogP contribution is -1.93. The van der Waals surface area contributed by atoms with Gasteiger partial charge >= 0.3 is 0 Å². The van der Waals surface area contributed by atoms with Gasteiger partial charge in [0, 0.05) is 25.9 Å². The van der Waals surface area contributed by atoms with Gasteiger partial charge in [-0.05, 0) is 0 Å². The highest BCUT2D eigenvalue weighted by molar-refractivity contribution is 5.50. The van der Waals surface area contributed by atoms with E-state index in [0.29, 0.717) is 5.82 Å². The van der Waals surface area contributed by atoms with Crippen LogP contribution in [0.5, 0.6) is 0 Å². The van der Waals surface area contributed by atoms with E-state index in [1.165, 1.54) is 0 Å². The summed E-state index contributed by atoms with van der Waals surface area (Å²) in [6.45, 7) is 2.02. The zero-order chi connectivity index (χ0) is 9.97. The third-order valence-electron chi connectivity index (χ3n) is 1.88. The molecule has 0 N–H and O–H groups in total. The Hall–Kier alpha value is -1.78. The number of rotatable bonds is 2. The minimum absolute atomic E-state index is 0.662. The van der Waals surface area contributed by atoms with Crippen molar-refractivity contribution in [2.45, 2.75) is 13.3 Å². The van der Waals surface area contributed by atoms with E-state index in [4.69, 9.17) is 0 Å². The van der Waals surface area contributed by atoms with Crippen LogP contribution in [0.3, 0.4) is 0 Å². The maximum Gasteiger partial charge on any atom is 0.184 e. The summed E-state index contributed by atoms with van der Waals surface area (Å²) in [6.07, 6.45) is 6.00. The molecule has 0 fully saturated rings. The molecular weight excluding hydrogens is 178 g/mol. The minimum Gasteiger partial charge on any atom is -0.255 e. The molecule has 0 spiro atoms. The second kappa shape index (κ2) is 3.53. The first-order chi connectivity index (χ1) is 6.79. The summed E-state index contributed by atoms with van der Waals surface area (Å²) in [6, 6.07) is 0. The maximum atomic E-state index is 4.18. The molecule has 0 aliphatic heterocycles. The lowest BCUT2D eigenvalue weighted by atomic mass is 10.3. The van der Waals surface area contributed by atoms with Crippen molar-refractivity contribution < 1.29 is 0 Å². The molecule has 72 valence electrons. The largest absolute Gasteiger partial charge is 0.255 e. The average molecular weight is 189 g/mol. The van der Waals surface area contributed by atoms with Crippen LogP contribution in [-0.2, 0) is 13.5 Å². The molecule has 0 bridgehead atoms. The Kier molecular flexibility index (Phi) is 2.22. The van der Waals surface area contributed by atoms with Crippen LogP contribution in [0.15, 0.2) is 18.7 Å². The Morgan fingerprint density at radius 2 is 1.93 bits per heavy atom. The topological polar surface area (TPSA) is 56.5 Å². The Labute approximate surface area is 81.8 Å². The molecule has 0 amide bonds. The molecule has 0 unspecified atom stereocenters. The Balaban J connectivity index is 2.33. The smallest absolute Gasteiger partial charge is 0.184 e. The third kappa shape index (κ3) is 1.61. The number of nitrogens with zero attached hydrogens (tertiary/aromatic N) is 5. The molecule has 0 saturated carbocycles. The fourth-order valence-electron chi connectivity index (χ4n) is 1.12. The Morgan fingerprint density at radius 3 is 2.43 bits per heavy atom. The van der Waals surface area contributed by atoms with Gasteiger partial charge < -0.3 is 0 Å². The second-order valence-corrected chi connectivity index (χ2v) is 2.98. The van der Waals surface area contributed by atoms with Crippen LogP contribution >= 0.6 is 0 Å².